The molecule has 1 atom stereocenters. The van der Waals surface area contributed by atoms with Crippen molar-refractivity contribution < 1.29 is 23.5 Å². The SMILES string of the molecule is [2H]C([2H])([2H])OC1=CC(=O)OC(/C=C/c2ccc(O)cc2)C1. The van der Waals surface area contributed by atoms with Gasteiger partial charge in [-0.15, -0.1) is 0 Å². The fourth-order valence-corrected chi connectivity index (χ4v) is 1.60. The maximum atomic E-state index is 11.4. The van der Waals surface area contributed by atoms with Crippen molar-refractivity contribution in [3.05, 3.63) is 47.7 Å². The third-order valence-electron chi connectivity index (χ3n) is 2.48. The van der Waals surface area contributed by atoms with Crippen molar-refractivity contribution in [2.24, 2.45) is 0 Å². The number of carbonyl (C=O) groups is 1. The lowest BCUT2D eigenvalue weighted by Crippen LogP contribution is -2.21. The highest BCUT2D eigenvalue weighted by Crippen LogP contribution is 2.18. The normalized spacial score (nSPS) is 22.7. The van der Waals surface area contributed by atoms with Gasteiger partial charge in [0.25, 0.3) is 0 Å². The zero-order chi connectivity index (χ0) is 15.5. The second-order valence-corrected chi connectivity index (χ2v) is 3.84. The zero-order valence-corrected chi connectivity index (χ0v) is 9.50. The molecule has 94 valence electrons. The van der Waals surface area contributed by atoms with E-state index < -0.39 is 19.1 Å². The summed E-state index contributed by atoms with van der Waals surface area (Å²) in [5.41, 5.74) is 0.816. The van der Waals surface area contributed by atoms with E-state index in [1.165, 1.54) is 12.1 Å². The lowest BCUT2D eigenvalue weighted by molar-refractivity contribution is -0.142. The average Bonchev–Trinajstić information content (AvgIpc) is 2.35. The number of hydrogen-bond donors (Lipinski definition) is 1. The van der Waals surface area contributed by atoms with Gasteiger partial charge in [0, 0.05) is 6.42 Å². The Hall–Kier alpha value is -2.23. The van der Waals surface area contributed by atoms with Gasteiger partial charge < -0.3 is 14.6 Å². The van der Waals surface area contributed by atoms with Crippen molar-refractivity contribution >= 4 is 12.0 Å². The molecule has 1 aromatic carbocycles. The Balaban J connectivity index is 2.03. The Kier molecular flexibility index (Phi) is 2.64. The van der Waals surface area contributed by atoms with Gasteiger partial charge in [-0.05, 0) is 23.8 Å². The summed E-state index contributed by atoms with van der Waals surface area (Å²) in [5.74, 6) is -0.403. The molecule has 0 aliphatic carbocycles. The number of benzene rings is 1. The van der Waals surface area contributed by atoms with Crippen LogP contribution in [0.4, 0.5) is 0 Å². The van der Waals surface area contributed by atoms with Crippen LogP contribution in [0.25, 0.3) is 6.08 Å². The average molecular weight is 249 g/mol. The summed E-state index contributed by atoms with van der Waals surface area (Å²) in [6, 6.07) is 6.48. The first-order valence-electron chi connectivity index (χ1n) is 6.89. The number of rotatable bonds is 3. The van der Waals surface area contributed by atoms with Gasteiger partial charge >= 0.3 is 5.97 Å². The van der Waals surface area contributed by atoms with E-state index in [0.29, 0.717) is 0 Å². The third-order valence-corrected chi connectivity index (χ3v) is 2.48. The molecule has 2 rings (SSSR count). The van der Waals surface area contributed by atoms with E-state index in [2.05, 4.69) is 0 Å². The highest BCUT2D eigenvalue weighted by molar-refractivity contribution is 5.83. The van der Waals surface area contributed by atoms with E-state index in [0.717, 1.165) is 11.6 Å². The van der Waals surface area contributed by atoms with Crippen molar-refractivity contribution in [2.75, 3.05) is 7.04 Å². The molecule has 0 saturated carbocycles. The van der Waals surface area contributed by atoms with Crippen LogP contribution in [-0.2, 0) is 14.3 Å². The monoisotopic (exact) mass is 249 g/mol. The molecule has 0 saturated heterocycles. The molecule has 1 heterocycles. The molecule has 4 heteroatoms. The summed E-state index contributed by atoms with van der Waals surface area (Å²) in [7, 11) is -2.59. The van der Waals surface area contributed by atoms with Gasteiger partial charge in [-0.25, -0.2) is 4.79 Å². The standard InChI is InChI=1S/C14H14O4/c1-17-13-8-12(18-14(16)9-13)7-4-10-2-5-11(15)6-3-10/h2-7,9,12,15H,8H2,1H3/b7-4+/i1D3. The van der Waals surface area contributed by atoms with Crippen molar-refractivity contribution in [1.82, 2.24) is 0 Å². The fourth-order valence-electron chi connectivity index (χ4n) is 1.60. The number of hydrogen-bond acceptors (Lipinski definition) is 4. The van der Waals surface area contributed by atoms with Gasteiger partial charge in [0.05, 0.1) is 17.2 Å². The largest absolute Gasteiger partial charge is 0.508 e. The van der Waals surface area contributed by atoms with Crippen LogP contribution < -0.4 is 0 Å². The molecule has 1 N–H and O–H groups in total. The molecular formula is C14H14O4. The molecule has 0 bridgehead atoms. The Bertz CT molecular complexity index is 573. The van der Waals surface area contributed by atoms with E-state index in [-0.39, 0.29) is 17.9 Å². The van der Waals surface area contributed by atoms with Crippen LogP contribution in [0.3, 0.4) is 0 Å². The van der Waals surface area contributed by atoms with Crippen LogP contribution in [0, 0.1) is 0 Å². The van der Waals surface area contributed by atoms with Gasteiger partial charge in [0.1, 0.15) is 17.6 Å². The van der Waals surface area contributed by atoms with E-state index in [4.69, 9.17) is 13.6 Å². The molecule has 0 amide bonds. The highest BCUT2D eigenvalue weighted by Gasteiger charge is 2.19. The Morgan fingerprint density at radius 3 is 3.00 bits per heavy atom. The van der Waals surface area contributed by atoms with Gasteiger partial charge in [-0.2, -0.15) is 0 Å². The van der Waals surface area contributed by atoms with Gasteiger partial charge in [-0.1, -0.05) is 18.2 Å². The Labute approximate surface area is 109 Å². The molecule has 1 unspecified atom stereocenters. The maximum absolute atomic E-state index is 11.4. The summed E-state index contributed by atoms with van der Waals surface area (Å²) < 4.78 is 30.9. The molecule has 18 heavy (non-hydrogen) atoms. The molecule has 0 radical (unpaired) electrons. The number of ether oxygens (including phenoxy) is 2. The zero-order valence-electron chi connectivity index (χ0n) is 12.5. The summed E-state index contributed by atoms with van der Waals surface area (Å²) in [4.78, 5) is 11.4. The summed E-state index contributed by atoms with van der Waals surface area (Å²) in [5, 5.41) is 9.18. The van der Waals surface area contributed by atoms with Gasteiger partial charge in [-0.3, -0.25) is 0 Å². The molecule has 1 aliphatic heterocycles. The number of esters is 1. The van der Waals surface area contributed by atoms with Crippen molar-refractivity contribution in [1.29, 1.82) is 0 Å². The van der Waals surface area contributed by atoms with Crippen molar-refractivity contribution in [3.8, 4) is 5.75 Å². The summed E-state index contributed by atoms with van der Waals surface area (Å²) in [6.45, 7) is 0. The Morgan fingerprint density at radius 1 is 1.50 bits per heavy atom. The number of phenols is 1. The molecular weight excluding hydrogens is 232 g/mol. The van der Waals surface area contributed by atoms with E-state index >= 15 is 0 Å². The van der Waals surface area contributed by atoms with Crippen LogP contribution in [0.5, 0.6) is 5.75 Å². The van der Waals surface area contributed by atoms with Crippen molar-refractivity contribution in [2.45, 2.75) is 12.5 Å². The molecule has 0 aromatic heterocycles. The van der Waals surface area contributed by atoms with Crippen LogP contribution in [0.1, 0.15) is 16.1 Å². The minimum absolute atomic E-state index is 0.0756. The number of cyclic esters (lactones) is 1. The minimum atomic E-state index is -2.59. The number of carbonyl (C=O) groups excluding carboxylic acids is 1. The number of methoxy groups -OCH3 is 1. The molecule has 1 aliphatic rings. The second kappa shape index (κ2) is 5.40. The number of phenolic OH excluding ortho intramolecular Hbond substituents is 1. The first kappa shape index (κ1) is 8.80. The first-order chi connectivity index (χ1) is 9.82. The maximum Gasteiger partial charge on any atom is 0.334 e. The topological polar surface area (TPSA) is 55.8 Å². The molecule has 4 nitrogen and oxygen atoms in total. The van der Waals surface area contributed by atoms with Crippen LogP contribution >= 0.6 is 0 Å². The number of aromatic hydroxyl groups is 1. The van der Waals surface area contributed by atoms with Crippen LogP contribution in [-0.4, -0.2) is 24.2 Å². The first-order valence-corrected chi connectivity index (χ1v) is 5.39. The highest BCUT2D eigenvalue weighted by atomic mass is 16.5. The lowest BCUT2D eigenvalue weighted by atomic mass is 10.1. The predicted octanol–water partition coefficient (Wildman–Crippen LogP) is 2.25. The predicted molar refractivity (Wildman–Crippen MR) is 66.7 cm³/mol. The van der Waals surface area contributed by atoms with Gasteiger partial charge in [0.15, 0.2) is 0 Å². The summed E-state index contributed by atoms with van der Waals surface area (Å²) in [6.07, 6.45) is 3.97. The molecule has 0 fully saturated rings. The van der Waals surface area contributed by atoms with Crippen LogP contribution in [0.2, 0.25) is 0 Å². The van der Waals surface area contributed by atoms with Crippen molar-refractivity contribution in [3.63, 3.8) is 0 Å². The van der Waals surface area contributed by atoms with Crippen LogP contribution in [0.15, 0.2) is 42.2 Å². The fraction of sp³-hybridized carbons (Fsp3) is 0.214. The quantitative estimate of drug-likeness (QED) is 0.835. The van der Waals surface area contributed by atoms with E-state index in [9.17, 15) is 9.90 Å². The third kappa shape index (κ3) is 3.13. The minimum Gasteiger partial charge on any atom is -0.508 e. The van der Waals surface area contributed by atoms with Gasteiger partial charge in [0.2, 0.25) is 0 Å². The molecule has 0 spiro atoms. The second-order valence-electron chi connectivity index (χ2n) is 3.84. The lowest BCUT2D eigenvalue weighted by Gasteiger charge is -2.19. The summed E-state index contributed by atoms with van der Waals surface area (Å²) >= 11 is 0. The smallest absolute Gasteiger partial charge is 0.334 e. The van der Waals surface area contributed by atoms with E-state index in [1.807, 2.05) is 0 Å². The molecule has 1 aromatic rings. The van der Waals surface area contributed by atoms with E-state index in [1.54, 1.807) is 24.3 Å². The Morgan fingerprint density at radius 2 is 2.28 bits per heavy atom.